The molecule has 0 saturated heterocycles. The van der Waals surface area contributed by atoms with Gasteiger partial charge in [0.1, 0.15) is 0 Å². The van der Waals surface area contributed by atoms with Crippen molar-refractivity contribution in [3.8, 4) is 0 Å². The molecule has 0 aromatic heterocycles. The third-order valence-corrected chi connectivity index (χ3v) is 7.02. The Hall–Kier alpha value is -0.730. The van der Waals surface area contributed by atoms with E-state index in [0.717, 1.165) is 0 Å². The second-order valence-electron chi connectivity index (χ2n) is 10.9. The average molecular weight is 367 g/mol. The predicted molar refractivity (Wildman–Crippen MR) is 107 cm³/mol. The van der Waals surface area contributed by atoms with Crippen molar-refractivity contribution < 1.29 is 14.3 Å². The van der Waals surface area contributed by atoms with Crippen LogP contribution in [0, 0.1) is 34.5 Å². The lowest BCUT2D eigenvalue weighted by atomic mass is 9.69. The SMILES string of the molecule is CC(COC(=O)OCC(C)C1CCCC(C)(C)C1)C1CCCC(C)(C)C1. The lowest BCUT2D eigenvalue weighted by Gasteiger charge is -2.38. The Morgan fingerprint density at radius 2 is 1.23 bits per heavy atom. The number of hydrogen-bond donors (Lipinski definition) is 0. The number of carbonyl (C=O) groups excluding carboxylic acids is 1. The molecule has 2 aliphatic rings. The Morgan fingerprint density at radius 1 is 0.846 bits per heavy atom. The van der Waals surface area contributed by atoms with Crippen LogP contribution in [0.4, 0.5) is 4.79 Å². The van der Waals surface area contributed by atoms with E-state index < -0.39 is 6.16 Å². The monoisotopic (exact) mass is 366 g/mol. The third-order valence-electron chi connectivity index (χ3n) is 7.02. The fraction of sp³-hybridized carbons (Fsp3) is 0.957. The molecule has 0 heterocycles. The minimum absolute atomic E-state index is 0.415. The van der Waals surface area contributed by atoms with Crippen LogP contribution in [0.1, 0.15) is 92.9 Å². The highest BCUT2D eigenvalue weighted by atomic mass is 16.7. The summed E-state index contributed by atoms with van der Waals surface area (Å²) in [6.45, 7) is 14.8. The third kappa shape index (κ3) is 6.78. The molecule has 3 heteroatoms. The van der Waals surface area contributed by atoms with Crippen LogP contribution in [-0.4, -0.2) is 19.4 Å². The Bertz CT molecular complexity index is 414. The summed E-state index contributed by atoms with van der Waals surface area (Å²) in [6.07, 6.45) is 9.73. The van der Waals surface area contributed by atoms with Gasteiger partial charge >= 0.3 is 6.16 Å². The summed E-state index contributed by atoms with van der Waals surface area (Å²) in [5.41, 5.74) is 0.863. The van der Waals surface area contributed by atoms with Crippen molar-refractivity contribution in [1.29, 1.82) is 0 Å². The number of ether oxygens (including phenoxy) is 2. The average Bonchev–Trinajstić information content (AvgIpc) is 2.55. The first-order valence-corrected chi connectivity index (χ1v) is 10.9. The second-order valence-corrected chi connectivity index (χ2v) is 10.9. The fourth-order valence-electron chi connectivity index (χ4n) is 5.20. The van der Waals surface area contributed by atoms with Gasteiger partial charge < -0.3 is 9.47 Å². The summed E-state index contributed by atoms with van der Waals surface area (Å²) >= 11 is 0. The van der Waals surface area contributed by atoms with E-state index in [2.05, 4.69) is 41.5 Å². The van der Waals surface area contributed by atoms with Crippen LogP contribution < -0.4 is 0 Å². The molecule has 0 aromatic carbocycles. The van der Waals surface area contributed by atoms with Gasteiger partial charge in [-0.2, -0.15) is 0 Å². The highest BCUT2D eigenvalue weighted by Crippen LogP contribution is 2.42. The molecule has 2 aliphatic carbocycles. The van der Waals surface area contributed by atoms with Gasteiger partial charge in [0.25, 0.3) is 0 Å². The Morgan fingerprint density at radius 3 is 1.58 bits per heavy atom. The molecule has 2 fully saturated rings. The summed E-state index contributed by atoms with van der Waals surface area (Å²) in [5.74, 6) is 2.15. The van der Waals surface area contributed by atoms with Crippen LogP contribution in [0.2, 0.25) is 0 Å². The van der Waals surface area contributed by atoms with E-state index in [0.29, 0.717) is 47.7 Å². The lowest BCUT2D eigenvalue weighted by molar-refractivity contribution is 0.0128. The number of hydrogen-bond acceptors (Lipinski definition) is 3. The van der Waals surface area contributed by atoms with Crippen LogP contribution >= 0.6 is 0 Å². The summed E-state index contributed by atoms with van der Waals surface area (Å²) in [6, 6.07) is 0. The molecule has 0 N–H and O–H groups in total. The molecule has 0 aliphatic heterocycles. The van der Waals surface area contributed by atoms with E-state index >= 15 is 0 Å². The van der Waals surface area contributed by atoms with Crippen LogP contribution in [0.3, 0.4) is 0 Å². The first kappa shape index (κ1) is 21.6. The van der Waals surface area contributed by atoms with Crippen LogP contribution in [0.5, 0.6) is 0 Å². The maximum Gasteiger partial charge on any atom is 0.508 e. The molecule has 4 atom stereocenters. The van der Waals surface area contributed by atoms with Gasteiger partial charge in [0.15, 0.2) is 0 Å². The van der Waals surface area contributed by atoms with Crippen molar-refractivity contribution in [2.75, 3.05) is 13.2 Å². The summed E-state index contributed by atoms with van der Waals surface area (Å²) in [4.78, 5) is 12.0. The van der Waals surface area contributed by atoms with Crippen molar-refractivity contribution >= 4 is 6.16 Å². The zero-order valence-electron chi connectivity index (χ0n) is 18.1. The van der Waals surface area contributed by atoms with Gasteiger partial charge in [0, 0.05) is 0 Å². The van der Waals surface area contributed by atoms with Crippen molar-refractivity contribution in [2.45, 2.75) is 92.9 Å². The van der Waals surface area contributed by atoms with Crippen LogP contribution in [-0.2, 0) is 9.47 Å². The van der Waals surface area contributed by atoms with E-state index in [1.807, 2.05) is 0 Å². The molecule has 2 saturated carbocycles. The quantitative estimate of drug-likeness (QED) is 0.482. The Kier molecular flexibility index (Phi) is 7.44. The predicted octanol–water partition coefficient (Wildman–Crippen LogP) is 6.84. The Balaban J connectivity index is 1.67. The molecular formula is C23H42O3. The van der Waals surface area contributed by atoms with E-state index in [9.17, 15) is 4.79 Å². The Labute approximate surface area is 161 Å². The van der Waals surface area contributed by atoms with E-state index in [4.69, 9.17) is 9.47 Å². The van der Waals surface area contributed by atoms with Gasteiger partial charge in [0.05, 0.1) is 13.2 Å². The second kappa shape index (κ2) is 8.97. The smallest absolute Gasteiger partial charge is 0.434 e. The summed E-state index contributed by atoms with van der Waals surface area (Å²) in [7, 11) is 0. The molecule has 4 unspecified atom stereocenters. The van der Waals surface area contributed by atoms with Gasteiger partial charge in [-0.05, 0) is 60.2 Å². The van der Waals surface area contributed by atoms with E-state index in [-0.39, 0.29) is 0 Å². The largest absolute Gasteiger partial charge is 0.508 e. The standard InChI is InChI=1S/C23H42O3/c1-17(19-9-7-11-22(3,4)13-19)15-25-21(24)26-16-18(2)20-10-8-12-23(5,6)14-20/h17-20H,7-16H2,1-6H3. The maximum atomic E-state index is 12.0. The molecule has 2 rings (SSSR count). The molecule has 0 amide bonds. The first-order chi connectivity index (χ1) is 12.1. The molecular weight excluding hydrogens is 324 g/mol. The van der Waals surface area contributed by atoms with Crippen LogP contribution in [0.25, 0.3) is 0 Å². The number of rotatable bonds is 6. The lowest BCUT2D eigenvalue weighted by Crippen LogP contribution is -2.30. The molecule has 3 nitrogen and oxygen atoms in total. The molecule has 26 heavy (non-hydrogen) atoms. The summed E-state index contributed by atoms with van der Waals surface area (Å²) in [5, 5.41) is 0. The summed E-state index contributed by atoms with van der Waals surface area (Å²) < 4.78 is 10.9. The van der Waals surface area contributed by atoms with Crippen molar-refractivity contribution in [3.63, 3.8) is 0 Å². The van der Waals surface area contributed by atoms with Gasteiger partial charge in [-0.25, -0.2) is 4.79 Å². The van der Waals surface area contributed by atoms with Gasteiger partial charge in [-0.3, -0.25) is 0 Å². The minimum Gasteiger partial charge on any atom is -0.434 e. The van der Waals surface area contributed by atoms with Crippen molar-refractivity contribution in [2.24, 2.45) is 34.5 Å². The first-order valence-electron chi connectivity index (χ1n) is 10.9. The zero-order chi connectivity index (χ0) is 19.4. The maximum absolute atomic E-state index is 12.0. The van der Waals surface area contributed by atoms with E-state index in [1.54, 1.807) is 0 Å². The van der Waals surface area contributed by atoms with Crippen molar-refractivity contribution in [3.05, 3.63) is 0 Å². The van der Waals surface area contributed by atoms with Crippen molar-refractivity contribution in [1.82, 2.24) is 0 Å². The van der Waals surface area contributed by atoms with Gasteiger partial charge in [0.2, 0.25) is 0 Å². The highest BCUT2D eigenvalue weighted by molar-refractivity contribution is 5.59. The number of carbonyl (C=O) groups is 1. The molecule has 0 spiro atoms. The fourth-order valence-corrected chi connectivity index (χ4v) is 5.20. The molecule has 0 aromatic rings. The van der Waals surface area contributed by atoms with E-state index in [1.165, 1.54) is 51.4 Å². The molecule has 152 valence electrons. The normalized spacial score (nSPS) is 30.2. The molecule has 0 radical (unpaired) electrons. The minimum atomic E-state index is -0.478. The van der Waals surface area contributed by atoms with Crippen LogP contribution in [0.15, 0.2) is 0 Å². The molecule has 0 bridgehead atoms. The highest BCUT2D eigenvalue weighted by Gasteiger charge is 2.33. The van der Waals surface area contributed by atoms with Gasteiger partial charge in [-0.15, -0.1) is 0 Å². The topological polar surface area (TPSA) is 35.5 Å². The zero-order valence-corrected chi connectivity index (χ0v) is 18.1. The van der Waals surface area contributed by atoms with Gasteiger partial charge in [-0.1, -0.05) is 67.2 Å².